The van der Waals surface area contributed by atoms with Crippen LogP contribution in [0.15, 0.2) is 58.4 Å². The number of pyridine rings is 2. The van der Waals surface area contributed by atoms with Crippen LogP contribution in [0.2, 0.25) is 5.02 Å². The molecule has 10 nitrogen and oxygen atoms in total. The number of anilines is 1. The lowest BCUT2D eigenvalue weighted by molar-refractivity contribution is 0.161. The van der Waals surface area contributed by atoms with E-state index in [0.717, 1.165) is 17.1 Å². The van der Waals surface area contributed by atoms with E-state index in [0.29, 0.717) is 31.4 Å². The molecule has 6 rings (SSSR count). The topological polar surface area (TPSA) is 95.9 Å². The minimum atomic E-state index is -0.774. The highest BCUT2D eigenvalue weighted by molar-refractivity contribution is 6.30. The van der Waals surface area contributed by atoms with Gasteiger partial charge in [0.25, 0.3) is 5.56 Å². The Labute approximate surface area is 230 Å². The van der Waals surface area contributed by atoms with Crippen LogP contribution in [0.4, 0.5) is 14.6 Å². The van der Waals surface area contributed by atoms with Gasteiger partial charge in [0.15, 0.2) is 0 Å². The Morgan fingerprint density at radius 2 is 1.93 bits per heavy atom. The Hall–Kier alpha value is -4.29. The van der Waals surface area contributed by atoms with Crippen molar-refractivity contribution < 1.29 is 18.3 Å². The van der Waals surface area contributed by atoms with Gasteiger partial charge in [0, 0.05) is 44.4 Å². The molecule has 0 N–H and O–H groups in total. The lowest BCUT2D eigenvalue weighted by Gasteiger charge is -2.21. The first-order valence-electron chi connectivity index (χ1n) is 12.4. The number of imidazole rings is 1. The van der Waals surface area contributed by atoms with E-state index >= 15 is 0 Å². The number of fused-ring (bicyclic) bond motifs is 2. The Balaban J connectivity index is 1.68. The minimum absolute atomic E-state index is 0.00302. The van der Waals surface area contributed by atoms with Crippen molar-refractivity contribution in [2.75, 3.05) is 38.8 Å². The van der Waals surface area contributed by atoms with Gasteiger partial charge < -0.3 is 14.4 Å². The Kier molecular flexibility index (Phi) is 6.51. The van der Waals surface area contributed by atoms with Crippen molar-refractivity contribution in [3.63, 3.8) is 0 Å². The maximum absolute atomic E-state index is 14.2. The van der Waals surface area contributed by atoms with E-state index in [9.17, 15) is 18.4 Å². The molecule has 4 aromatic heterocycles. The van der Waals surface area contributed by atoms with Gasteiger partial charge in [-0.3, -0.25) is 13.8 Å². The van der Waals surface area contributed by atoms with Gasteiger partial charge in [-0.15, -0.1) is 0 Å². The van der Waals surface area contributed by atoms with Gasteiger partial charge in [0.2, 0.25) is 5.88 Å². The average Bonchev–Trinajstić information content (AvgIpc) is 3.57. The highest BCUT2D eigenvalue weighted by Gasteiger charge is 2.27. The summed E-state index contributed by atoms with van der Waals surface area (Å²) in [6.45, 7) is 1.95. The second-order valence-electron chi connectivity index (χ2n) is 9.49. The Morgan fingerprint density at radius 1 is 1.10 bits per heavy atom. The molecule has 206 valence electrons. The largest absolute Gasteiger partial charge is 0.480 e. The monoisotopic (exact) mass is 568 g/mol. The molecule has 5 heterocycles. The van der Waals surface area contributed by atoms with Gasteiger partial charge >= 0.3 is 5.69 Å². The molecule has 1 atom stereocenters. The first-order valence-corrected chi connectivity index (χ1v) is 12.8. The summed E-state index contributed by atoms with van der Waals surface area (Å²) < 4.78 is 42.4. The predicted octanol–water partition coefficient (Wildman–Crippen LogP) is 3.60. The van der Waals surface area contributed by atoms with E-state index in [-0.39, 0.29) is 39.0 Å². The van der Waals surface area contributed by atoms with Crippen molar-refractivity contribution in [1.82, 2.24) is 23.5 Å². The molecule has 0 aliphatic carbocycles. The van der Waals surface area contributed by atoms with Crippen LogP contribution < -0.4 is 20.9 Å². The molecule has 0 saturated carbocycles. The number of benzene rings is 1. The average molecular weight is 569 g/mol. The summed E-state index contributed by atoms with van der Waals surface area (Å²) >= 11 is 6.10. The van der Waals surface area contributed by atoms with E-state index in [1.165, 1.54) is 52.7 Å². The normalized spacial score (nSPS) is 15.4. The lowest BCUT2D eigenvalue weighted by Crippen LogP contribution is -2.39. The van der Waals surface area contributed by atoms with E-state index in [2.05, 4.69) is 9.97 Å². The quantitative estimate of drug-likeness (QED) is 0.309. The number of halogens is 3. The van der Waals surface area contributed by atoms with Crippen LogP contribution in [0.1, 0.15) is 6.42 Å². The zero-order valence-electron chi connectivity index (χ0n) is 21.5. The second-order valence-corrected chi connectivity index (χ2v) is 9.89. The molecular weight excluding hydrogens is 546 g/mol. The van der Waals surface area contributed by atoms with Crippen LogP contribution >= 0.6 is 11.6 Å². The zero-order valence-corrected chi connectivity index (χ0v) is 22.2. The van der Waals surface area contributed by atoms with Crippen LogP contribution in [-0.2, 0) is 4.74 Å². The molecule has 1 fully saturated rings. The molecule has 0 unspecified atom stereocenters. The van der Waals surface area contributed by atoms with Crippen molar-refractivity contribution in [2.45, 2.75) is 6.42 Å². The van der Waals surface area contributed by atoms with Gasteiger partial charge in [-0.1, -0.05) is 11.6 Å². The molecule has 0 amide bonds. The molecule has 1 aromatic carbocycles. The molecule has 13 heteroatoms. The third-order valence-corrected chi connectivity index (χ3v) is 7.33. The van der Waals surface area contributed by atoms with Crippen LogP contribution in [0.25, 0.3) is 28.1 Å². The summed E-state index contributed by atoms with van der Waals surface area (Å²) in [7, 11) is 3.03. The van der Waals surface area contributed by atoms with E-state index in [1.807, 2.05) is 4.90 Å². The minimum Gasteiger partial charge on any atom is -0.480 e. The van der Waals surface area contributed by atoms with Crippen LogP contribution in [-0.4, -0.2) is 57.4 Å². The van der Waals surface area contributed by atoms with Crippen molar-refractivity contribution >= 4 is 34.0 Å². The zero-order chi connectivity index (χ0) is 28.1. The summed E-state index contributed by atoms with van der Waals surface area (Å²) in [5.74, 6) is -0.320. The third-order valence-electron chi connectivity index (χ3n) is 7.04. The number of hydrogen-bond acceptors (Lipinski definition) is 7. The number of rotatable bonds is 6. The highest BCUT2D eigenvalue weighted by atomic mass is 35.5. The number of nitrogens with zero attached hydrogens (tertiary/aromatic N) is 6. The van der Waals surface area contributed by atoms with Gasteiger partial charge in [-0.05, 0) is 30.7 Å². The van der Waals surface area contributed by atoms with Gasteiger partial charge in [-0.25, -0.2) is 23.1 Å². The molecule has 1 saturated heterocycles. The second kappa shape index (κ2) is 10.0. The van der Waals surface area contributed by atoms with Crippen molar-refractivity contribution in [3.05, 3.63) is 86.3 Å². The maximum atomic E-state index is 14.2. The van der Waals surface area contributed by atoms with E-state index < -0.39 is 22.9 Å². The molecular formula is C27H23ClF2N6O4. The van der Waals surface area contributed by atoms with Gasteiger partial charge in [-0.2, -0.15) is 4.98 Å². The summed E-state index contributed by atoms with van der Waals surface area (Å²) in [6.07, 6.45) is 3.54. The molecule has 1 aliphatic rings. The number of methoxy groups -OCH3 is 2. The highest BCUT2D eigenvalue weighted by Crippen LogP contribution is 2.31. The number of hydrogen-bond donors (Lipinski definition) is 0. The van der Waals surface area contributed by atoms with E-state index in [4.69, 9.17) is 21.1 Å². The van der Waals surface area contributed by atoms with Crippen LogP contribution in [0.3, 0.4) is 0 Å². The molecule has 1 aliphatic heterocycles. The summed E-state index contributed by atoms with van der Waals surface area (Å²) in [4.78, 5) is 39.0. The first kappa shape index (κ1) is 26.0. The first-order chi connectivity index (χ1) is 19.3. The van der Waals surface area contributed by atoms with Crippen LogP contribution in [0.5, 0.6) is 5.88 Å². The maximum Gasteiger partial charge on any atom is 0.342 e. The van der Waals surface area contributed by atoms with Crippen molar-refractivity contribution in [1.29, 1.82) is 0 Å². The molecule has 40 heavy (non-hydrogen) atoms. The van der Waals surface area contributed by atoms with Crippen molar-refractivity contribution in [2.24, 2.45) is 5.92 Å². The molecule has 0 spiro atoms. The van der Waals surface area contributed by atoms with E-state index in [1.54, 1.807) is 13.2 Å². The summed E-state index contributed by atoms with van der Waals surface area (Å²) in [5.41, 5.74) is -0.883. The lowest BCUT2D eigenvalue weighted by atomic mass is 10.1. The fraction of sp³-hybridized carbons (Fsp3) is 0.259. The van der Waals surface area contributed by atoms with Crippen LogP contribution in [0, 0.1) is 17.6 Å². The molecule has 0 radical (unpaired) electrons. The summed E-state index contributed by atoms with van der Waals surface area (Å²) in [5, 5.41) is -0.195. The third kappa shape index (κ3) is 4.20. The number of aromatic nitrogens is 5. The Bertz CT molecular complexity index is 1900. The molecule has 0 bridgehead atoms. The molecule has 5 aromatic rings. The standard InChI is InChI=1S/C27H23ClF2N6O4/c1-39-14-15-5-7-33(13-15)22-11-20-24(25(32-22)40-2)26(37)36(23-12-31-21-9-16(29)6-8-34(21)23)27(38)35(20)17-3-4-19(30)18(28)10-17/h3-4,6,8-12,15H,5,7,13-14H2,1-2H3/t15-/m1/s1. The number of ether oxygens (including phenoxy) is 2. The fourth-order valence-electron chi connectivity index (χ4n) is 5.18. The summed E-state index contributed by atoms with van der Waals surface area (Å²) in [6, 6.07) is 7.82. The van der Waals surface area contributed by atoms with Crippen molar-refractivity contribution in [3.8, 4) is 17.4 Å². The van der Waals surface area contributed by atoms with Gasteiger partial charge in [0.1, 0.15) is 34.3 Å². The van der Waals surface area contributed by atoms with Gasteiger partial charge in [0.05, 0.1) is 36.1 Å². The Morgan fingerprint density at radius 3 is 2.67 bits per heavy atom. The predicted molar refractivity (Wildman–Crippen MR) is 145 cm³/mol. The fourth-order valence-corrected chi connectivity index (χ4v) is 5.36. The smallest absolute Gasteiger partial charge is 0.342 e. The SMILES string of the molecule is COC[C@@H]1CCN(c2cc3c(c(OC)n2)c(=O)n(-c2cnc4cc(F)ccn24)c(=O)n3-c2ccc(F)c(Cl)c2)C1.